The number of benzene rings is 2. The molecule has 2 aromatic heterocycles. The van der Waals surface area contributed by atoms with Crippen molar-refractivity contribution < 1.29 is 13.9 Å². The number of hydrogen-bond acceptors (Lipinski definition) is 5. The van der Waals surface area contributed by atoms with Crippen LogP contribution in [0, 0.1) is 5.82 Å². The van der Waals surface area contributed by atoms with E-state index in [4.69, 9.17) is 4.74 Å². The summed E-state index contributed by atoms with van der Waals surface area (Å²) in [6.45, 7) is 4.73. The largest absolute Gasteiger partial charge is 0.490 e. The Morgan fingerprint density at radius 1 is 1.21 bits per heavy atom. The monoisotopic (exact) mass is 459 g/mol. The molecular formula is C26H26FN5O2. The average Bonchev–Trinajstić information content (AvgIpc) is 3.23. The molecule has 2 N–H and O–H groups in total. The average molecular weight is 460 g/mol. The van der Waals surface area contributed by atoms with Crippen molar-refractivity contribution in [2.45, 2.75) is 0 Å². The number of nitrogens with one attached hydrogen (secondary N) is 2. The minimum atomic E-state index is -0.331. The number of carbonyl (C=O) groups is 1. The number of nitrogens with zero attached hydrogens (tertiary/aromatic N) is 3. The Hall–Kier alpha value is -4.17. The highest BCUT2D eigenvalue weighted by atomic mass is 19.1. The van der Waals surface area contributed by atoms with Crippen LogP contribution in [0.4, 0.5) is 21.6 Å². The van der Waals surface area contributed by atoms with Gasteiger partial charge < -0.3 is 24.7 Å². The summed E-state index contributed by atoms with van der Waals surface area (Å²) in [4.78, 5) is 18.4. The number of anilines is 3. The topological polar surface area (TPSA) is 70.9 Å². The predicted molar refractivity (Wildman–Crippen MR) is 133 cm³/mol. The molecule has 8 heteroatoms. The molecule has 2 heterocycles. The van der Waals surface area contributed by atoms with Gasteiger partial charge >= 0.3 is 0 Å². The summed E-state index contributed by atoms with van der Waals surface area (Å²) in [7, 11) is 3.93. The van der Waals surface area contributed by atoms with Crippen molar-refractivity contribution in [1.29, 1.82) is 0 Å². The van der Waals surface area contributed by atoms with Gasteiger partial charge in [-0.2, -0.15) is 0 Å². The van der Waals surface area contributed by atoms with Gasteiger partial charge in [0.1, 0.15) is 30.3 Å². The van der Waals surface area contributed by atoms with Crippen LogP contribution < -0.4 is 15.4 Å². The molecule has 0 aliphatic carbocycles. The standard InChI is InChI=1S/C26H26FN5O2/c1-4-26(33)30-22-15-20(8-9-24(22)34-13-12-31(2)3)29-25-16-23-21(10-11-32(23)17-28-25)18-6-5-7-19(27)14-18/h4-11,14-17,29H,1,12-13H2,2-3H3,(H,30,33). The summed E-state index contributed by atoms with van der Waals surface area (Å²) < 4.78 is 21.5. The first-order valence-electron chi connectivity index (χ1n) is 10.8. The normalized spacial score (nSPS) is 10.9. The maximum atomic E-state index is 13.7. The molecule has 0 saturated heterocycles. The summed E-state index contributed by atoms with van der Waals surface area (Å²) in [6, 6.07) is 15.7. The van der Waals surface area contributed by atoms with Gasteiger partial charge in [-0.15, -0.1) is 0 Å². The van der Waals surface area contributed by atoms with Crippen LogP contribution in [-0.4, -0.2) is 47.4 Å². The van der Waals surface area contributed by atoms with E-state index >= 15 is 0 Å². The molecule has 1 amide bonds. The van der Waals surface area contributed by atoms with Crippen molar-refractivity contribution in [2.75, 3.05) is 37.9 Å². The van der Waals surface area contributed by atoms with Crippen LogP contribution >= 0.6 is 0 Å². The molecule has 0 spiro atoms. The number of likely N-dealkylation sites (N-methyl/N-ethyl adjacent to an activating group) is 1. The lowest BCUT2D eigenvalue weighted by Gasteiger charge is -2.16. The molecule has 2 aromatic carbocycles. The first kappa shape index (κ1) is 23.0. The number of ether oxygens (including phenoxy) is 1. The van der Waals surface area contributed by atoms with Crippen molar-refractivity contribution in [1.82, 2.24) is 14.3 Å². The van der Waals surface area contributed by atoms with E-state index in [1.807, 2.05) is 53.9 Å². The van der Waals surface area contributed by atoms with Crippen molar-refractivity contribution >= 4 is 28.6 Å². The van der Waals surface area contributed by atoms with E-state index in [9.17, 15) is 9.18 Å². The van der Waals surface area contributed by atoms with Crippen LogP contribution in [0.1, 0.15) is 0 Å². The fraction of sp³-hybridized carbons (Fsp3) is 0.154. The molecule has 0 radical (unpaired) electrons. The van der Waals surface area contributed by atoms with Gasteiger partial charge in [-0.25, -0.2) is 9.37 Å². The number of carbonyl (C=O) groups excluding carboxylic acids is 1. The minimum Gasteiger partial charge on any atom is -0.490 e. The number of hydrogen-bond donors (Lipinski definition) is 2. The molecule has 7 nitrogen and oxygen atoms in total. The van der Waals surface area contributed by atoms with Crippen LogP contribution in [0.25, 0.3) is 16.6 Å². The molecule has 34 heavy (non-hydrogen) atoms. The zero-order valence-electron chi connectivity index (χ0n) is 19.1. The molecule has 4 aromatic rings. The summed E-state index contributed by atoms with van der Waals surface area (Å²) >= 11 is 0. The third-order valence-electron chi connectivity index (χ3n) is 5.18. The third kappa shape index (κ3) is 5.41. The zero-order valence-corrected chi connectivity index (χ0v) is 19.1. The van der Waals surface area contributed by atoms with E-state index in [-0.39, 0.29) is 11.7 Å². The van der Waals surface area contributed by atoms with E-state index in [2.05, 4.69) is 22.2 Å². The van der Waals surface area contributed by atoms with E-state index in [0.29, 0.717) is 23.9 Å². The quantitative estimate of drug-likeness (QED) is 0.347. The van der Waals surface area contributed by atoms with Gasteiger partial charge in [0.25, 0.3) is 0 Å². The van der Waals surface area contributed by atoms with Gasteiger partial charge in [-0.1, -0.05) is 18.7 Å². The van der Waals surface area contributed by atoms with Crippen LogP contribution in [0.3, 0.4) is 0 Å². The van der Waals surface area contributed by atoms with Gasteiger partial charge in [-0.05, 0) is 62.1 Å². The van der Waals surface area contributed by atoms with Crippen molar-refractivity contribution in [3.8, 4) is 16.9 Å². The SMILES string of the molecule is C=CC(=O)Nc1cc(Nc2cc3c(-c4cccc(F)c4)ccn3cn2)ccc1OCCN(C)C. The second-order valence-corrected chi connectivity index (χ2v) is 7.99. The first-order valence-corrected chi connectivity index (χ1v) is 10.8. The lowest BCUT2D eigenvalue weighted by molar-refractivity contribution is -0.111. The summed E-state index contributed by atoms with van der Waals surface area (Å²) in [5.74, 6) is 0.547. The molecule has 0 aliphatic rings. The van der Waals surface area contributed by atoms with Gasteiger partial charge in [0.05, 0.1) is 11.2 Å². The molecular weight excluding hydrogens is 433 g/mol. The fourth-order valence-electron chi connectivity index (χ4n) is 3.47. The molecule has 4 rings (SSSR count). The summed E-state index contributed by atoms with van der Waals surface area (Å²) in [6.07, 6.45) is 4.79. The maximum Gasteiger partial charge on any atom is 0.247 e. The van der Waals surface area contributed by atoms with Crippen molar-refractivity contribution in [2.24, 2.45) is 0 Å². The number of fused-ring (bicyclic) bond motifs is 1. The lowest BCUT2D eigenvalue weighted by Crippen LogP contribution is -2.20. The maximum absolute atomic E-state index is 13.7. The lowest BCUT2D eigenvalue weighted by atomic mass is 10.1. The highest BCUT2D eigenvalue weighted by Crippen LogP contribution is 2.31. The van der Waals surface area contributed by atoms with Gasteiger partial charge in [0.15, 0.2) is 0 Å². The molecule has 0 fully saturated rings. The molecule has 0 atom stereocenters. The predicted octanol–water partition coefficient (Wildman–Crippen LogP) is 4.95. The molecule has 0 aliphatic heterocycles. The van der Waals surface area contributed by atoms with Crippen LogP contribution in [0.5, 0.6) is 5.75 Å². The van der Waals surface area contributed by atoms with Crippen molar-refractivity contribution in [3.05, 3.63) is 85.6 Å². The van der Waals surface area contributed by atoms with Crippen LogP contribution in [-0.2, 0) is 4.79 Å². The van der Waals surface area contributed by atoms with Crippen LogP contribution in [0.15, 0.2) is 79.8 Å². The Morgan fingerprint density at radius 3 is 2.82 bits per heavy atom. The van der Waals surface area contributed by atoms with E-state index in [1.54, 1.807) is 24.5 Å². The first-order chi connectivity index (χ1) is 16.4. The third-order valence-corrected chi connectivity index (χ3v) is 5.18. The molecule has 0 bridgehead atoms. The van der Waals surface area contributed by atoms with Gasteiger partial charge in [0, 0.05) is 30.1 Å². The smallest absolute Gasteiger partial charge is 0.247 e. The highest BCUT2D eigenvalue weighted by molar-refractivity contribution is 6.00. The molecule has 0 unspecified atom stereocenters. The second-order valence-electron chi connectivity index (χ2n) is 7.99. The van der Waals surface area contributed by atoms with Crippen molar-refractivity contribution in [3.63, 3.8) is 0 Å². The number of aromatic nitrogens is 2. The Bertz CT molecular complexity index is 1330. The Morgan fingerprint density at radius 2 is 2.06 bits per heavy atom. The van der Waals surface area contributed by atoms with Crippen LogP contribution in [0.2, 0.25) is 0 Å². The van der Waals surface area contributed by atoms with E-state index < -0.39 is 0 Å². The second kappa shape index (κ2) is 10.2. The summed E-state index contributed by atoms with van der Waals surface area (Å²) in [5, 5.41) is 6.06. The Labute approximate surface area is 197 Å². The number of rotatable bonds is 9. The molecule has 174 valence electrons. The Kier molecular flexibility index (Phi) is 6.89. The Balaban J connectivity index is 1.61. The minimum absolute atomic E-state index is 0.286. The van der Waals surface area contributed by atoms with Gasteiger partial charge in [-0.3, -0.25) is 4.79 Å². The number of amides is 1. The van der Waals surface area contributed by atoms with E-state index in [1.165, 1.54) is 18.2 Å². The fourth-order valence-corrected chi connectivity index (χ4v) is 3.47. The van der Waals surface area contributed by atoms with Gasteiger partial charge in [0.2, 0.25) is 5.91 Å². The highest BCUT2D eigenvalue weighted by Gasteiger charge is 2.11. The zero-order chi connectivity index (χ0) is 24.1. The molecule has 0 saturated carbocycles. The summed E-state index contributed by atoms with van der Waals surface area (Å²) in [5.41, 5.74) is 3.81. The van der Waals surface area contributed by atoms with E-state index in [0.717, 1.165) is 28.9 Å². The number of halogens is 1.